The van der Waals surface area contributed by atoms with Crippen molar-refractivity contribution in [3.63, 3.8) is 0 Å². The lowest BCUT2D eigenvalue weighted by Crippen LogP contribution is -2.49. The zero-order valence-electron chi connectivity index (χ0n) is 16.7. The standard InChI is InChI=1S/C21H23F3N2O4/c1-3-8-20(9-10-20)18-26-17(29)14(15(27)19(26,2)11-30-18)16(28)25-13-6-4-12(5-7-13)21(22,23)24/h4-7,18,27H,3,8-11H2,1-2H3,(H,25,28)/t18-,19-/m1/s1. The number of aliphatic hydroxyl groups excluding tert-OH is 1. The molecule has 2 N–H and O–H groups in total. The van der Waals surface area contributed by atoms with E-state index in [4.69, 9.17) is 4.74 Å². The molecule has 0 bridgehead atoms. The summed E-state index contributed by atoms with van der Waals surface area (Å²) in [4.78, 5) is 27.3. The summed E-state index contributed by atoms with van der Waals surface area (Å²) >= 11 is 0. The molecule has 30 heavy (non-hydrogen) atoms. The van der Waals surface area contributed by atoms with Crippen LogP contribution in [0.3, 0.4) is 0 Å². The second kappa shape index (κ2) is 6.73. The van der Waals surface area contributed by atoms with E-state index >= 15 is 0 Å². The number of aliphatic hydroxyl groups is 1. The van der Waals surface area contributed by atoms with Crippen LogP contribution in [0.4, 0.5) is 18.9 Å². The van der Waals surface area contributed by atoms with Gasteiger partial charge in [0.2, 0.25) is 0 Å². The van der Waals surface area contributed by atoms with E-state index in [9.17, 15) is 27.9 Å². The Balaban J connectivity index is 1.56. The fourth-order valence-electron chi connectivity index (χ4n) is 4.52. The fourth-order valence-corrected chi connectivity index (χ4v) is 4.52. The van der Waals surface area contributed by atoms with E-state index in [-0.39, 0.29) is 23.5 Å². The first kappa shape index (κ1) is 20.7. The zero-order chi connectivity index (χ0) is 21.9. The number of amides is 2. The second-order valence-electron chi connectivity index (χ2n) is 8.48. The van der Waals surface area contributed by atoms with Crippen molar-refractivity contribution in [3.8, 4) is 0 Å². The molecule has 2 atom stereocenters. The molecule has 4 rings (SSSR count). The van der Waals surface area contributed by atoms with Crippen LogP contribution < -0.4 is 5.32 Å². The minimum absolute atomic E-state index is 0.0811. The number of nitrogens with one attached hydrogen (secondary N) is 1. The molecule has 2 fully saturated rings. The molecule has 1 saturated carbocycles. The van der Waals surface area contributed by atoms with Gasteiger partial charge in [0.05, 0.1) is 12.2 Å². The van der Waals surface area contributed by atoms with Crippen LogP contribution in [-0.2, 0) is 20.5 Å². The Morgan fingerprint density at radius 2 is 1.93 bits per heavy atom. The third-order valence-electron chi connectivity index (χ3n) is 6.33. The summed E-state index contributed by atoms with van der Waals surface area (Å²) in [6.07, 6.45) is -1.35. The SMILES string of the molecule is CCCC1([C@H]2OC[C@]3(C)C(O)=C(C(=O)Nc4ccc(C(F)(F)F)cc4)C(=O)N23)CC1. The van der Waals surface area contributed by atoms with Crippen molar-refractivity contribution in [2.24, 2.45) is 5.41 Å². The number of fused-ring (bicyclic) bond motifs is 1. The number of carbonyl (C=O) groups is 2. The third-order valence-corrected chi connectivity index (χ3v) is 6.33. The van der Waals surface area contributed by atoms with Crippen molar-refractivity contribution < 1.29 is 32.6 Å². The molecule has 0 spiro atoms. The fraction of sp³-hybridized carbons (Fsp3) is 0.524. The first-order valence-corrected chi connectivity index (χ1v) is 9.91. The van der Waals surface area contributed by atoms with Crippen LogP contribution in [0.1, 0.15) is 45.1 Å². The van der Waals surface area contributed by atoms with E-state index in [0.717, 1.165) is 49.9 Å². The van der Waals surface area contributed by atoms with Gasteiger partial charge in [0, 0.05) is 11.1 Å². The quantitative estimate of drug-likeness (QED) is 0.701. The van der Waals surface area contributed by atoms with Gasteiger partial charge >= 0.3 is 6.18 Å². The molecule has 0 unspecified atom stereocenters. The number of anilines is 1. The van der Waals surface area contributed by atoms with Crippen LogP contribution in [0.2, 0.25) is 0 Å². The highest BCUT2D eigenvalue weighted by molar-refractivity contribution is 6.25. The maximum Gasteiger partial charge on any atom is 0.416 e. The van der Waals surface area contributed by atoms with Crippen LogP contribution >= 0.6 is 0 Å². The van der Waals surface area contributed by atoms with Crippen molar-refractivity contribution in [3.05, 3.63) is 41.2 Å². The van der Waals surface area contributed by atoms with Gasteiger partial charge in [-0.25, -0.2) is 0 Å². The Hall–Kier alpha value is -2.55. The average molecular weight is 424 g/mol. The zero-order valence-corrected chi connectivity index (χ0v) is 16.7. The molecule has 2 amide bonds. The highest BCUT2D eigenvalue weighted by Gasteiger charge is 2.65. The average Bonchev–Trinajstić information content (AvgIpc) is 3.30. The molecule has 0 aromatic heterocycles. The number of benzene rings is 1. The molecule has 162 valence electrons. The first-order chi connectivity index (χ1) is 14.0. The van der Waals surface area contributed by atoms with Gasteiger partial charge in [-0.15, -0.1) is 0 Å². The monoisotopic (exact) mass is 424 g/mol. The molecule has 1 aliphatic carbocycles. The summed E-state index contributed by atoms with van der Waals surface area (Å²) in [6.45, 7) is 3.79. The van der Waals surface area contributed by atoms with E-state index in [1.165, 1.54) is 4.90 Å². The van der Waals surface area contributed by atoms with Gasteiger partial charge in [0.15, 0.2) is 0 Å². The Kier molecular flexibility index (Phi) is 4.65. The molecule has 2 heterocycles. The summed E-state index contributed by atoms with van der Waals surface area (Å²) in [5.41, 5.74) is -2.42. The lowest BCUT2D eigenvalue weighted by Gasteiger charge is -2.34. The van der Waals surface area contributed by atoms with Crippen molar-refractivity contribution in [2.45, 2.75) is 57.5 Å². The van der Waals surface area contributed by atoms with Crippen LogP contribution in [0.25, 0.3) is 0 Å². The third kappa shape index (κ3) is 3.07. The molecule has 9 heteroatoms. The normalized spacial score (nSPS) is 27.4. The van der Waals surface area contributed by atoms with E-state index in [0.29, 0.717) is 0 Å². The molecular formula is C21H23F3N2O4. The smallest absolute Gasteiger partial charge is 0.416 e. The highest BCUT2D eigenvalue weighted by Crippen LogP contribution is 2.59. The predicted octanol–water partition coefficient (Wildman–Crippen LogP) is 3.99. The predicted molar refractivity (Wildman–Crippen MR) is 101 cm³/mol. The van der Waals surface area contributed by atoms with Crippen LogP contribution in [0.15, 0.2) is 35.6 Å². The molecule has 3 aliphatic rings. The summed E-state index contributed by atoms with van der Waals surface area (Å²) in [6, 6.07) is 3.89. The number of hydrogen-bond donors (Lipinski definition) is 2. The van der Waals surface area contributed by atoms with Crippen molar-refractivity contribution in [1.29, 1.82) is 0 Å². The number of alkyl halides is 3. The number of carbonyl (C=O) groups excluding carboxylic acids is 2. The van der Waals surface area contributed by atoms with E-state index in [1.54, 1.807) is 6.92 Å². The topological polar surface area (TPSA) is 78.9 Å². The Labute approximate surface area is 171 Å². The second-order valence-corrected chi connectivity index (χ2v) is 8.48. The number of hydrogen-bond acceptors (Lipinski definition) is 4. The summed E-state index contributed by atoms with van der Waals surface area (Å²) in [5, 5.41) is 13.2. The van der Waals surface area contributed by atoms with Crippen molar-refractivity contribution >= 4 is 17.5 Å². The van der Waals surface area contributed by atoms with Crippen molar-refractivity contribution in [2.75, 3.05) is 11.9 Å². The van der Waals surface area contributed by atoms with Gasteiger partial charge in [-0.05, 0) is 50.5 Å². The maximum atomic E-state index is 13.1. The Morgan fingerprint density at radius 3 is 2.47 bits per heavy atom. The maximum absolute atomic E-state index is 13.1. The van der Waals surface area contributed by atoms with Gasteiger partial charge in [-0.3, -0.25) is 14.5 Å². The summed E-state index contributed by atoms with van der Waals surface area (Å²) in [7, 11) is 0. The number of nitrogens with zero attached hydrogens (tertiary/aromatic N) is 1. The van der Waals surface area contributed by atoms with E-state index in [1.807, 2.05) is 0 Å². The van der Waals surface area contributed by atoms with Gasteiger partial charge in [0.25, 0.3) is 11.8 Å². The largest absolute Gasteiger partial charge is 0.509 e. The van der Waals surface area contributed by atoms with E-state index in [2.05, 4.69) is 12.2 Å². The molecular weight excluding hydrogens is 401 g/mol. The highest BCUT2D eigenvalue weighted by atomic mass is 19.4. The van der Waals surface area contributed by atoms with Gasteiger partial charge < -0.3 is 15.2 Å². The number of rotatable bonds is 5. The lowest BCUT2D eigenvalue weighted by molar-refractivity contribution is -0.139. The number of halogens is 3. The molecule has 1 aromatic carbocycles. The van der Waals surface area contributed by atoms with Gasteiger partial charge in [-0.2, -0.15) is 13.2 Å². The van der Waals surface area contributed by atoms with Crippen LogP contribution in [0, 0.1) is 5.41 Å². The molecule has 2 aliphatic heterocycles. The van der Waals surface area contributed by atoms with Crippen molar-refractivity contribution in [1.82, 2.24) is 4.90 Å². The van der Waals surface area contributed by atoms with Crippen LogP contribution in [-0.4, -0.2) is 40.2 Å². The van der Waals surface area contributed by atoms with E-state index < -0.39 is 40.9 Å². The molecule has 1 saturated heterocycles. The minimum Gasteiger partial charge on any atom is -0.509 e. The Bertz CT molecular complexity index is 921. The minimum atomic E-state index is -4.49. The number of ether oxygens (including phenoxy) is 1. The summed E-state index contributed by atoms with van der Waals surface area (Å²) < 4.78 is 44.0. The van der Waals surface area contributed by atoms with Gasteiger partial charge in [0.1, 0.15) is 23.1 Å². The first-order valence-electron chi connectivity index (χ1n) is 9.91. The van der Waals surface area contributed by atoms with Crippen LogP contribution in [0.5, 0.6) is 0 Å². The molecule has 0 radical (unpaired) electrons. The summed E-state index contributed by atoms with van der Waals surface area (Å²) in [5.74, 6) is -1.84. The molecule has 6 nitrogen and oxygen atoms in total. The lowest BCUT2D eigenvalue weighted by atomic mass is 9.95. The molecule has 1 aromatic rings. The van der Waals surface area contributed by atoms with Gasteiger partial charge in [-0.1, -0.05) is 13.3 Å². The Morgan fingerprint density at radius 1 is 1.30 bits per heavy atom.